The molecule has 0 unspecified atom stereocenters. The van der Waals surface area contributed by atoms with Crippen molar-refractivity contribution < 1.29 is 4.79 Å². The summed E-state index contributed by atoms with van der Waals surface area (Å²) in [6, 6.07) is 6.13. The van der Waals surface area contributed by atoms with Crippen LogP contribution in [0.5, 0.6) is 0 Å². The van der Waals surface area contributed by atoms with Crippen molar-refractivity contribution in [3.63, 3.8) is 0 Å². The van der Waals surface area contributed by atoms with E-state index in [0.717, 1.165) is 37.2 Å². The second-order valence-corrected chi connectivity index (χ2v) is 4.51. The van der Waals surface area contributed by atoms with E-state index in [-0.39, 0.29) is 5.91 Å². The molecule has 4 heteroatoms. The van der Waals surface area contributed by atoms with Crippen molar-refractivity contribution in [3.05, 3.63) is 29.3 Å². The predicted octanol–water partition coefficient (Wildman–Crippen LogP) is 1.26. The highest BCUT2D eigenvalue weighted by atomic mass is 16.1. The van der Waals surface area contributed by atoms with Crippen molar-refractivity contribution >= 4 is 11.6 Å². The highest BCUT2D eigenvalue weighted by Crippen LogP contribution is 2.21. The zero-order valence-electron chi connectivity index (χ0n) is 10.1. The fraction of sp³-hybridized carbons (Fsp3) is 0.462. The number of hydrogen-bond acceptors (Lipinski definition) is 3. The fourth-order valence-electron chi connectivity index (χ4n) is 2.25. The normalized spacial score (nSPS) is 16.8. The lowest BCUT2D eigenvalue weighted by molar-refractivity contribution is 0.1000. The molecule has 1 aromatic rings. The summed E-state index contributed by atoms with van der Waals surface area (Å²) in [6.07, 6.45) is 2.22. The van der Waals surface area contributed by atoms with Crippen molar-refractivity contribution in [2.75, 3.05) is 18.4 Å². The molecule has 1 amide bonds. The van der Waals surface area contributed by atoms with Gasteiger partial charge in [-0.05, 0) is 50.6 Å². The topological polar surface area (TPSA) is 67.2 Å². The Labute approximate surface area is 102 Å². The Kier molecular flexibility index (Phi) is 3.64. The molecule has 0 atom stereocenters. The van der Waals surface area contributed by atoms with E-state index in [9.17, 15) is 4.79 Å². The van der Waals surface area contributed by atoms with Crippen LogP contribution < -0.4 is 16.4 Å². The van der Waals surface area contributed by atoms with Crippen molar-refractivity contribution in [2.45, 2.75) is 25.8 Å². The Morgan fingerprint density at radius 2 is 2.12 bits per heavy atom. The second-order valence-electron chi connectivity index (χ2n) is 4.51. The van der Waals surface area contributed by atoms with Gasteiger partial charge < -0.3 is 16.4 Å². The van der Waals surface area contributed by atoms with Crippen molar-refractivity contribution in [2.24, 2.45) is 5.73 Å². The number of benzene rings is 1. The summed E-state index contributed by atoms with van der Waals surface area (Å²) in [5.74, 6) is -0.364. The smallest absolute Gasteiger partial charge is 0.249 e. The average Bonchev–Trinajstić information content (AvgIpc) is 2.33. The molecular weight excluding hydrogens is 214 g/mol. The van der Waals surface area contributed by atoms with E-state index in [0.29, 0.717) is 11.6 Å². The van der Waals surface area contributed by atoms with Crippen LogP contribution in [-0.2, 0) is 0 Å². The number of hydrogen-bond donors (Lipinski definition) is 3. The number of piperidine rings is 1. The molecule has 1 aliphatic heterocycles. The van der Waals surface area contributed by atoms with Crippen LogP contribution in [0.25, 0.3) is 0 Å². The zero-order chi connectivity index (χ0) is 12.3. The monoisotopic (exact) mass is 233 g/mol. The van der Waals surface area contributed by atoms with E-state index < -0.39 is 0 Å². The van der Waals surface area contributed by atoms with Gasteiger partial charge in [-0.2, -0.15) is 0 Å². The van der Waals surface area contributed by atoms with Gasteiger partial charge in [0.1, 0.15) is 0 Å². The first-order chi connectivity index (χ1) is 8.18. The lowest BCUT2D eigenvalue weighted by Gasteiger charge is -2.25. The molecule has 1 heterocycles. The van der Waals surface area contributed by atoms with Crippen molar-refractivity contribution in [3.8, 4) is 0 Å². The third-order valence-electron chi connectivity index (χ3n) is 3.30. The van der Waals surface area contributed by atoms with Gasteiger partial charge in [0.05, 0.1) is 0 Å². The number of nitrogens with one attached hydrogen (secondary N) is 2. The van der Waals surface area contributed by atoms with Crippen molar-refractivity contribution in [1.29, 1.82) is 0 Å². The molecule has 1 fully saturated rings. The quantitative estimate of drug-likeness (QED) is 0.736. The van der Waals surface area contributed by atoms with E-state index in [1.807, 2.05) is 19.1 Å². The Hall–Kier alpha value is -1.55. The summed E-state index contributed by atoms with van der Waals surface area (Å²) in [5, 5.41) is 6.83. The molecule has 0 aromatic heterocycles. The summed E-state index contributed by atoms with van der Waals surface area (Å²) >= 11 is 0. The van der Waals surface area contributed by atoms with Crippen LogP contribution in [0.1, 0.15) is 28.8 Å². The number of rotatable bonds is 3. The SMILES string of the molecule is Cc1c(NC2CCNCC2)cccc1C(N)=O. The maximum Gasteiger partial charge on any atom is 0.249 e. The molecule has 4 nitrogen and oxygen atoms in total. The average molecular weight is 233 g/mol. The highest BCUT2D eigenvalue weighted by molar-refractivity contribution is 5.95. The first-order valence-electron chi connectivity index (χ1n) is 6.05. The molecule has 0 bridgehead atoms. The summed E-state index contributed by atoms with van der Waals surface area (Å²) in [6.45, 7) is 4.03. The van der Waals surface area contributed by atoms with E-state index in [2.05, 4.69) is 10.6 Å². The largest absolute Gasteiger partial charge is 0.382 e. The Bertz CT molecular complexity index is 411. The zero-order valence-corrected chi connectivity index (χ0v) is 10.1. The second kappa shape index (κ2) is 5.19. The summed E-state index contributed by atoms with van der Waals surface area (Å²) in [7, 11) is 0. The number of carbonyl (C=O) groups is 1. The Balaban J connectivity index is 2.15. The van der Waals surface area contributed by atoms with Gasteiger partial charge in [-0.3, -0.25) is 4.79 Å². The lowest BCUT2D eigenvalue weighted by Crippen LogP contribution is -2.35. The van der Waals surface area contributed by atoms with E-state index in [1.165, 1.54) is 0 Å². The Morgan fingerprint density at radius 1 is 1.41 bits per heavy atom. The highest BCUT2D eigenvalue weighted by Gasteiger charge is 2.15. The van der Waals surface area contributed by atoms with Crippen LogP contribution in [0.2, 0.25) is 0 Å². The van der Waals surface area contributed by atoms with Crippen LogP contribution >= 0.6 is 0 Å². The molecule has 1 aliphatic rings. The fourth-order valence-corrected chi connectivity index (χ4v) is 2.25. The van der Waals surface area contributed by atoms with Crippen LogP contribution in [0.15, 0.2) is 18.2 Å². The molecule has 17 heavy (non-hydrogen) atoms. The van der Waals surface area contributed by atoms with Crippen LogP contribution in [0, 0.1) is 6.92 Å². The maximum atomic E-state index is 11.3. The van der Waals surface area contributed by atoms with Gasteiger partial charge in [-0.25, -0.2) is 0 Å². The molecule has 92 valence electrons. The Morgan fingerprint density at radius 3 is 2.76 bits per heavy atom. The third-order valence-corrected chi connectivity index (χ3v) is 3.30. The van der Waals surface area contributed by atoms with Gasteiger partial charge in [-0.1, -0.05) is 6.07 Å². The van der Waals surface area contributed by atoms with E-state index >= 15 is 0 Å². The minimum atomic E-state index is -0.364. The first kappa shape index (κ1) is 11.9. The third kappa shape index (κ3) is 2.77. The summed E-state index contributed by atoms with van der Waals surface area (Å²) < 4.78 is 0. The summed E-state index contributed by atoms with van der Waals surface area (Å²) in [4.78, 5) is 11.3. The standard InChI is InChI=1S/C13H19N3O/c1-9-11(13(14)17)3-2-4-12(9)16-10-5-7-15-8-6-10/h2-4,10,15-16H,5-8H2,1H3,(H2,14,17). The summed E-state index contributed by atoms with van der Waals surface area (Å²) in [5.41, 5.74) is 7.91. The molecule has 1 saturated heterocycles. The number of nitrogens with two attached hydrogens (primary N) is 1. The molecular formula is C13H19N3O. The molecule has 4 N–H and O–H groups in total. The van der Waals surface area contributed by atoms with Gasteiger partial charge in [0.25, 0.3) is 0 Å². The van der Waals surface area contributed by atoms with E-state index in [4.69, 9.17) is 5.73 Å². The van der Waals surface area contributed by atoms with Crippen molar-refractivity contribution in [1.82, 2.24) is 5.32 Å². The van der Waals surface area contributed by atoms with Crippen LogP contribution in [0.4, 0.5) is 5.69 Å². The van der Waals surface area contributed by atoms with Crippen LogP contribution in [-0.4, -0.2) is 25.0 Å². The van der Waals surface area contributed by atoms with Gasteiger partial charge in [0.2, 0.25) is 5.91 Å². The minimum absolute atomic E-state index is 0.364. The molecule has 0 radical (unpaired) electrons. The molecule has 0 aliphatic carbocycles. The molecule has 2 rings (SSSR count). The molecule has 0 spiro atoms. The number of amides is 1. The maximum absolute atomic E-state index is 11.3. The number of anilines is 1. The number of primary amides is 1. The molecule has 1 aromatic carbocycles. The number of carbonyl (C=O) groups excluding carboxylic acids is 1. The lowest BCUT2D eigenvalue weighted by atomic mass is 10.0. The minimum Gasteiger partial charge on any atom is -0.382 e. The van der Waals surface area contributed by atoms with Gasteiger partial charge in [-0.15, -0.1) is 0 Å². The predicted molar refractivity (Wildman–Crippen MR) is 69.2 cm³/mol. The van der Waals surface area contributed by atoms with E-state index in [1.54, 1.807) is 6.07 Å². The van der Waals surface area contributed by atoms with Gasteiger partial charge in [0.15, 0.2) is 0 Å². The van der Waals surface area contributed by atoms with Gasteiger partial charge >= 0.3 is 0 Å². The van der Waals surface area contributed by atoms with Crippen LogP contribution in [0.3, 0.4) is 0 Å². The molecule has 0 saturated carbocycles. The first-order valence-corrected chi connectivity index (χ1v) is 6.05. The van der Waals surface area contributed by atoms with Gasteiger partial charge in [0, 0.05) is 17.3 Å².